The number of benzene rings is 2. The van der Waals surface area contributed by atoms with Gasteiger partial charge in [0.25, 0.3) is 0 Å². The summed E-state index contributed by atoms with van der Waals surface area (Å²) in [7, 11) is 1.00. The molecule has 1 heterocycles. The van der Waals surface area contributed by atoms with E-state index in [2.05, 4.69) is 4.98 Å². The highest BCUT2D eigenvalue weighted by Gasteiger charge is 2.47. The van der Waals surface area contributed by atoms with Gasteiger partial charge in [0.2, 0.25) is 11.8 Å². The number of rotatable bonds is 4. The number of alkyl halides is 2. The minimum absolute atomic E-state index is 0.0559. The van der Waals surface area contributed by atoms with Crippen LogP contribution in [0.3, 0.4) is 0 Å². The normalized spacial score (nSPS) is 18.0. The van der Waals surface area contributed by atoms with Crippen LogP contribution in [0.15, 0.2) is 42.5 Å². The molecule has 164 valence electrons. The van der Waals surface area contributed by atoms with Crippen LogP contribution >= 0.6 is 0 Å². The van der Waals surface area contributed by atoms with Gasteiger partial charge in [-0.25, -0.2) is 18.2 Å². The van der Waals surface area contributed by atoms with Gasteiger partial charge in [-0.2, -0.15) is 0 Å². The first-order chi connectivity index (χ1) is 14.9. The molecule has 2 fully saturated rings. The SMILES string of the molecule is CO.Oc1ccc2c(-c3ccc(F)cc3)c(C3CC(F)(F)C3)nc(OC3CCC3)c2c1. The van der Waals surface area contributed by atoms with Crippen molar-refractivity contribution >= 4 is 10.8 Å². The quantitative estimate of drug-likeness (QED) is 0.548. The van der Waals surface area contributed by atoms with Crippen molar-refractivity contribution in [2.24, 2.45) is 0 Å². The molecular formula is C24H24F3NO3. The summed E-state index contributed by atoms with van der Waals surface area (Å²) in [6.07, 6.45) is 2.47. The van der Waals surface area contributed by atoms with E-state index >= 15 is 0 Å². The van der Waals surface area contributed by atoms with Crippen LogP contribution in [0.2, 0.25) is 0 Å². The molecule has 7 heteroatoms. The first-order valence-electron chi connectivity index (χ1n) is 10.3. The molecule has 0 bridgehead atoms. The molecule has 2 aliphatic carbocycles. The van der Waals surface area contributed by atoms with Crippen LogP contribution in [0.25, 0.3) is 21.9 Å². The van der Waals surface area contributed by atoms with Crippen molar-refractivity contribution in [2.45, 2.75) is 50.0 Å². The van der Waals surface area contributed by atoms with Gasteiger partial charge in [-0.15, -0.1) is 0 Å². The molecule has 4 nitrogen and oxygen atoms in total. The Kier molecular flexibility index (Phi) is 5.79. The Labute approximate surface area is 178 Å². The van der Waals surface area contributed by atoms with E-state index in [1.54, 1.807) is 30.3 Å². The lowest BCUT2D eigenvalue weighted by molar-refractivity contribution is -0.0875. The maximum absolute atomic E-state index is 13.7. The van der Waals surface area contributed by atoms with E-state index in [0.29, 0.717) is 28.1 Å². The van der Waals surface area contributed by atoms with Crippen molar-refractivity contribution in [1.82, 2.24) is 4.98 Å². The Morgan fingerprint density at radius 2 is 1.68 bits per heavy atom. The van der Waals surface area contributed by atoms with Crippen LogP contribution in [0.4, 0.5) is 13.2 Å². The predicted octanol–water partition coefficient (Wildman–Crippen LogP) is 5.80. The minimum atomic E-state index is -2.69. The molecule has 0 atom stereocenters. The van der Waals surface area contributed by atoms with Gasteiger partial charge in [-0.3, -0.25) is 0 Å². The number of aromatic hydroxyl groups is 1. The minimum Gasteiger partial charge on any atom is -0.508 e. The van der Waals surface area contributed by atoms with Crippen LogP contribution in [0, 0.1) is 5.82 Å². The molecule has 1 aromatic heterocycles. The van der Waals surface area contributed by atoms with Crippen molar-refractivity contribution in [3.63, 3.8) is 0 Å². The number of pyridine rings is 1. The molecule has 0 amide bonds. The van der Waals surface area contributed by atoms with E-state index in [0.717, 1.165) is 31.8 Å². The van der Waals surface area contributed by atoms with E-state index < -0.39 is 11.8 Å². The van der Waals surface area contributed by atoms with E-state index in [1.165, 1.54) is 12.1 Å². The average molecular weight is 431 g/mol. The molecule has 0 spiro atoms. The van der Waals surface area contributed by atoms with E-state index in [9.17, 15) is 18.3 Å². The second-order valence-corrected chi connectivity index (χ2v) is 8.05. The largest absolute Gasteiger partial charge is 0.508 e. The summed E-state index contributed by atoms with van der Waals surface area (Å²) in [4.78, 5) is 4.69. The number of aromatic nitrogens is 1. The zero-order chi connectivity index (χ0) is 22.2. The lowest BCUT2D eigenvalue weighted by Crippen LogP contribution is -2.34. The fourth-order valence-electron chi connectivity index (χ4n) is 4.10. The van der Waals surface area contributed by atoms with Crippen molar-refractivity contribution in [3.05, 3.63) is 54.0 Å². The Hall–Kier alpha value is -2.80. The number of ether oxygens (including phenoxy) is 1. The number of phenols is 1. The second kappa shape index (κ2) is 8.38. The van der Waals surface area contributed by atoms with Crippen LogP contribution < -0.4 is 4.74 Å². The lowest BCUT2D eigenvalue weighted by Gasteiger charge is -2.36. The number of hydrogen-bond acceptors (Lipinski definition) is 4. The van der Waals surface area contributed by atoms with Gasteiger partial charge < -0.3 is 14.9 Å². The van der Waals surface area contributed by atoms with E-state index in [4.69, 9.17) is 9.84 Å². The molecular weight excluding hydrogens is 407 g/mol. The molecule has 2 N–H and O–H groups in total. The molecule has 0 saturated heterocycles. The summed E-state index contributed by atoms with van der Waals surface area (Å²) >= 11 is 0. The number of phenolic OH excluding ortho intramolecular Hbond substituents is 1. The van der Waals surface area contributed by atoms with Crippen LogP contribution in [-0.4, -0.2) is 34.3 Å². The van der Waals surface area contributed by atoms with Gasteiger partial charge >= 0.3 is 0 Å². The van der Waals surface area contributed by atoms with Gasteiger partial charge in [-0.1, -0.05) is 12.1 Å². The molecule has 3 aromatic rings. The summed E-state index contributed by atoms with van der Waals surface area (Å²) in [5, 5.41) is 18.4. The highest BCUT2D eigenvalue weighted by Crippen LogP contribution is 2.52. The number of hydrogen-bond donors (Lipinski definition) is 2. The highest BCUT2D eigenvalue weighted by molar-refractivity contribution is 6.01. The monoisotopic (exact) mass is 431 g/mol. The highest BCUT2D eigenvalue weighted by atomic mass is 19.3. The lowest BCUT2D eigenvalue weighted by atomic mass is 9.76. The smallest absolute Gasteiger partial charge is 0.249 e. The molecule has 5 rings (SSSR count). The zero-order valence-electron chi connectivity index (χ0n) is 17.1. The standard InChI is InChI=1S/C23H20F3NO2.CH4O/c24-15-6-4-13(5-7-15)20-18-9-8-16(28)10-19(18)22(29-17-2-1-3-17)27-21(20)14-11-23(25,26)12-14;1-2/h4-10,14,17,28H,1-3,11-12H2;2H,1H3. The Bertz CT molecular complexity index is 1070. The molecule has 2 aliphatic rings. The zero-order valence-corrected chi connectivity index (χ0v) is 17.1. The Morgan fingerprint density at radius 1 is 1.00 bits per heavy atom. The van der Waals surface area contributed by atoms with Crippen molar-refractivity contribution < 1.29 is 28.1 Å². The maximum atomic E-state index is 13.7. The summed E-state index contributed by atoms with van der Waals surface area (Å²) in [6, 6.07) is 10.8. The molecule has 0 aliphatic heterocycles. The van der Waals surface area contributed by atoms with Crippen molar-refractivity contribution in [2.75, 3.05) is 7.11 Å². The predicted molar refractivity (Wildman–Crippen MR) is 112 cm³/mol. The fraction of sp³-hybridized carbons (Fsp3) is 0.375. The first kappa shape index (κ1) is 21.4. The van der Waals surface area contributed by atoms with Gasteiger partial charge in [0.15, 0.2) is 0 Å². The number of aliphatic hydroxyl groups excluding tert-OH is 1. The van der Waals surface area contributed by atoms with Crippen LogP contribution in [0.5, 0.6) is 11.6 Å². The molecule has 0 radical (unpaired) electrons. The van der Waals surface area contributed by atoms with Crippen LogP contribution in [0.1, 0.15) is 43.7 Å². The Balaban J connectivity index is 0.00000112. The van der Waals surface area contributed by atoms with Gasteiger partial charge in [0, 0.05) is 36.8 Å². The van der Waals surface area contributed by atoms with E-state index in [1.807, 2.05) is 0 Å². The third-order valence-corrected chi connectivity index (χ3v) is 5.92. The molecule has 31 heavy (non-hydrogen) atoms. The third kappa shape index (κ3) is 4.19. The third-order valence-electron chi connectivity index (χ3n) is 5.92. The molecule has 2 saturated carbocycles. The summed E-state index contributed by atoms with van der Waals surface area (Å²) < 4.78 is 46.9. The van der Waals surface area contributed by atoms with Crippen molar-refractivity contribution in [3.8, 4) is 22.8 Å². The number of nitrogens with zero attached hydrogens (tertiary/aromatic N) is 1. The Morgan fingerprint density at radius 3 is 2.26 bits per heavy atom. The van der Waals surface area contributed by atoms with Gasteiger partial charge in [-0.05, 0) is 60.5 Å². The summed E-state index contributed by atoms with van der Waals surface area (Å²) in [5.41, 5.74) is 1.95. The number of halogens is 3. The average Bonchev–Trinajstić information content (AvgIpc) is 2.70. The summed E-state index contributed by atoms with van der Waals surface area (Å²) in [6.45, 7) is 0. The van der Waals surface area contributed by atoms with Gasteiger partial charge in [0.05, 0.1) is 5.69 Å². The maximum Gasteiger partial charge on any atom is 0.249 e. The van der Waals surface area contributed by atoms with Crippen LogP contribution in [-0.2, 0) is 0 Å². The topological polar surface area (TPSA) is 62.6 Å². The second-order valence-electron chi connectivity index (χ2n) is 8.05. The molecule has 0 unspecified atom stereocenters. The number of fused-ring (bicyclic) bond motifs is 1. The van der Waals surface area contributed by atoms with Crippen molar-refractivity contribution in [1.29, 1.82) is 0 Å². The van der Waals surface area contributed by atoms with E-state index in [-0.39, 0.29) is 30.5 Å². The fourth-order valence-corrected chi connectivity index (χ4v) is 4.10. The molecule has 2 aromatic carbocycles. The first-order valence-corrected chi connectivity index (χ1v) is 10.3. The van der Waals surface area contributed by atoms with Gasteiger partial charge in [0.1, 0.15) is 17.7 Å². The number of aliphatic hydroxyl groups is 1. The summed E-state index contributed by atoms with van der Waals surface area (Å²) in [5.74, 6) is -3.01.